The summed E-state index contributed by atoms with van der Waals surface area (Å²) in [5.74, 6) is -2.99. The van der Waals surface area contributed by atoms with Gasteiger partial charge in [-0.2, -0.15) is 0 Å². The molecule has 93 heavy (non-hydrogen) atoms. The van der Waals surface area contributed by atoms with Gasteiger partial charge in [0, 0.05) is 96.9 Å². The Kier molecular flexibility index (Phi) is 16.3. The zero-order chi connectivity index (χ0) is 62.7. The molecule has 4 unspecified atom stereocenters. The molecule has 0 spiro atoms. The van der Waals surface area contributed by atoms with Gasteiger partial charge in [0.1, 0.15) is 24.2 Å². The van der Waals surface area contributed by atoms with Crippen LogP contribution in [0.1, 0.15) is 99.8 Å². The maximum Gasteiger partial charge on any atom is 2.00 e. The van der Waals surface area contributed by atoms with Crippen LogP contribution >= 0.6 is 0 Å². The molecule has 21 heteroatoms. The first-order chi connectivity index (χ1) is 44.9. The number of rotatable bonds is 0. The standard InChI is InChI=1S/C72H66N12O8.Zn/c85-61-33-34-62(86)82-38-12-24-60(82)72(92)80-48-20-8-4-16-44(48)68-55-31-29-53(75-55)66-42-14-2-6-18-46(42)78-70(90)58-22-10-39-83(58)63(87)35-36-64(88)84-40-11-23-59(84)71(91)79-47-19-7-3-15-43(47)67(54-30-32-56(68)76-54)52-28-26-50(74-52)65(49-25-27-51(66)73-49)41-13-1-5-17-45(41)77-69(89)57-21-9-37-81(57)61;/h1-8,13-20,25-32,57-60H,9-12,21-24,33-40H2,(H6,73,74,75,76,77,78,79,80,89,90,91,92);/q;+2/p-2. The molecular formula is C72H64N12O8Zn. The number of benzene rings is 4. The summed E-state index contributed by atoms with van der Waals surface area (Å²) >= 11 is 0. The van der Waals surface area contributed by atoms with Crippen LogP contribution in [0.15, 0.2) is 121 Å². The molecule has 4 atom stereocenters. The van der Waals surface area contributed by atoms with Crippen LogP contribution < -0.4 is 31.2 Å². The Bertz CT molecular complexity index is 3990. The van der Waals surface area contributed by atoms with Crippen LogP contribution in [0.25, 0.3) is 90.9 Å². The molecule has 10 aliphatic heterocycles. The summed E-state index contributed by atoms with van der Waals surface area (Å²) in [7, 11) is 0. The van der Waals surface area contributed by atoms with Crippen molar-refractivity contribution in [3.05, 3.63) is 144 Å². The minimum absolute atomic E-state index is 0. The number of aromatic nitrogens is 4. The summed E-state index contributed by atoms with van der Waals surface area (Å²) in [4.78, 5) is 145. The van der Waals surface area contributed by atoms with Gasteiger partial charge < -0.3 is 50.8 Å². The molecule has 4 fully saturated rings. The van der Waals surface area contributed by atoms with E-state index in [0.717, 1.165) is 0 Å². The Morgan fingerprint density at radius 1 is 0.323 bits per heavy atom. The summed E-state index contributed by atoms with van der Waals surface area (Å²) < 4.78 is 0. The molecule has 20 nitrogen and oxygen atoms in total. The number of anilines is 4. The second-order valence-corrected chi connectivity index (χ2v) is 24.5. The largest absolute Gasteiger partial charge is 2.00 e. The third-order valence-corrected chi connectivity index (χ3v) is 19.0. The monoisotopic (exact) mass is 1290 g/mol. The van der Waals surface area contributed by atoms with Crippen molar-refractivity contribution < 1.29 is 57.8 Å². The quantitative estimate of drug-likeness (QED) is 0.104. The maximum absolute atomic E-state index is 14.9. The van der Waals surface area contributed by atoms with E-state index in [-0.39, 0.29) is 68.8 Å². The van der Waals surface area contributed by atoms with E-state index in [4.69, 9.17) is 19.9 Å². The van der Waals surface area contributed by atoms with E-state index in [2.05, 4.69) is 21.3 Å². The molecule has 0 saturated carbocycles. The summed E-state index contributed by atoms with van der Waals surface area (Å²) in [6.07, 6.45) is 10.8. The van der Waals surface area contributed by atoms with Crippen molar-refractivity contribution in [2.45, 2.75) is 101 Å². The third kappa shape index (κ3) is 11.2. The molecule has 10 aliphatic rings. The van der Waals surface area contributed by atoms with Crippen LogP contribution in [0.3, 0.4) is 0 Å². The average Bonchev–Trinajstić information content (AvgIpc) is 1.48. The smallest absolute Gasteiger partial charge is 0.657 e. The summed E-state index contributed by atoms with van der Waals surface area (Å²) in [5.41, 5.74) is 9.65. The number of hydrogen-bond acceptors (Lipinski definition) is 10. The molecule has 12 bridgehead atoms. The van der Waals surface area contributed by atoms with Gasteiger partial charge in [-0.15, -0.1) is 22.1 Å². The van der Waals surface area contributed by atoms with Gasteiger partial charge in [0.25, 0.3) is 0 Å². The van der Waals surface area contributed by atoms with E-state index in [9.17, 15) is 38.4 Å². The second kappa shape index (κ2) is 25.2. The van der Waals surface area contributed by atoms with E-state index in [0.29, 0.717) is 190 Å². The Morgan fingerprint density at radius 2 is 0.548 bits per heavy atom. The number of fused-ring (bicyclic) bond motifs is 10. The average molecular weight is 1290 g/mol. The molecule has 17 rings (SSSR count). The third-order valence-electron chi connectivity index (χ3n) is 19.0. The van der Waals surface area contributed by atoms with E-state index >= 15 is 0 Å². The molecular weight excluding hydrogens is 1230 g/mol. The van der Waals surface area contributed by atoms with Crippen LogP contribution in [0.4, 0.5) is 22.7 Å². The predicted molar refractivity (Wildman–Crippen MR) is 350 cm³/mol. The van der Waals surface area contributed by atoms with Crippen molar-refractivity contribution >= 4 is 116 Å². The number of carbonyl (C=O) groups is 8. The fourth-order valence-electron chi connectivity index (χ4n) is 14.6. The van der Waals surface area contributed by atoms with Gasteiger partial charge in [-0.25, -0.2) is 9.97 Å². The zero-order valence-corrected chi connectivity index (χ0v) is 54.0. The van der Waals surface area contributed by atoms with Crippen molar-refractivity contribution in [1.82, 2.24) is 39.5 Å². The Morgan fingerprint density at radius 3 is 0.785 bits per heavy atom. The first-order valence-electron chi connectivity index (χ1n) is 31.8. The summed E-state index contributed by atoms with van der Waals surface area (Å²) in [6, 6.07) is 33.6. The van der Waals surface area contributed by atoms with Gasteiger partial charge in [-0.05, 0) is 122 Å². The number of nitrogens with zero attached hydrogens (tertiary/aromatic N) is 8. The molecule has 0 aliphatic carbocycles. The van der Waals surface area contributed by atoms with Crippen molar-refractivity contribution in [3.8, 4) is 44.5 Å². The van der Waals surface area contributed by atoms with Crippen molar-refractivity contribution in [2.24, 2.45) is 0 Å². The van der Waals surface area contributed by atoms with Crippen LogP contribution in [-0.2, 0) is 57.8 Å². The predicted octanol–water partition coefficient (Wildman–Crippen LogP) is 9.88. The minimum atomic E-state index is -0.849. The number of carbonyl (C=O) groups excluding carboxylic acids is 8. The number of para-hydroxylation sites is 4. The van der Waals surface area contributed by atoms with Crippen molar-refractivity contribution in [3.63, 3.8) is 0 Å². The van der Waals surface area contributed by atoms with Crippen LogP contribution in [0.2, 0.25) is 0 Å². The van der Waals surface area contributed by atoms with Crippen LogP contribution in [0, 0.1) is 0 Å². The maximum atomic E-state index is 14.9. The zero-order valence-electron chi connectivity index (χ0n) is 51.0. The Balaban J connectivity index is 0.00000749. The Hall–Kier alpha value is -10.1. The minimum Gasteiger partial charge on any atom is -0.657 e. The number of nitrogens with one attached hydrogen (secondary N) is 4. The molecule has 462 valence electrons. The SMILES string of the molecule is O=C1Nc2ccccc2-c2c3nc(c4c5ccc([n-]5)c(c5nc(c(c6ccc2[n-]6)-c2ccccc2NC(=O)C2CCCN2C(=O)CCC(=O)N2CCCC2C(=O)Nc2ccccc2-4)C=C5)-c2ccccc2NC(=O)C2CCCN2C(=O)CCC(=O)N2CCCC12)C=C3.[Zn+2]. The summed E-state index contributed by atoms with van der Waals surface area (Å²) in [6.45, 7) is 1.30. The van der Waals surface area contributed by atoms with Crippen LogP contribution in [-0.4, -0.2) is 127 Å². The van der Waals surface area contributed by atoms with Gasteiger partial charge in [0.05, 0.1) is 22.8 Å². The summed E-state index contributed by atoms with van der Waals surface area (Å²) in [5, 5.41) is 12.8. The molecule has 4 N–H and O–H groups in total. The molecule has 4 saturated heterocycles. The van der Waals surface area contributed by atoms with E-state index in [1.807, 2.05) is 121 Å². The van der Waals surface area contributed by atoms with Crippen LogP contribution in [0.5, 0.6) is 0 Å². The fraction of sp³-hybridized carbons (Fsp3) is 0.278. The van der Waals surface area contributed by atoms with E-state index < -0.39 is 47.8 Å². The van der Waals surface area contributed by atoms with Gasteiger partial charge in [-0.3, -0.25) is 38.4 Å². The molecule has 0 radical (unpaired) electrons. The fourth-order valence-corrected chi connectivity index (χ4v) is 14.6. The normalized spacial score (nSPS) is 20.9. The number of amides is 8. The molecule has 7 aromatic rings. The first kappa shape index (κ1) is 60.4. The number of hydrogen-bond donors (Lipinski definition) is 4. The van der Waals surface area contributed by atoms with E-state index in [1.165, 1.54) is 0 Å². The topological polar surface area (TPSA) is 252 Å². The molecule has 4 aromatic carbocycles. The van der Waals surface area contributed by atoms with Gasteiger partial charge in [-0.1, -0.05) is 97.1 Å². The molecule has 8 amide bonds. The van der Waals surface area contributed by atoms with E-state index in [1.54, 1.807) is 43.9 Å². The van der Waals surface area contributed by atoms with Crippen molar-refractivity contribution in [2.75, 3.05) is 47.4 Å². The van der Waals surface area contributed by atoms with Crippen molar-refractivity contribution in [1.29, 1.82) is 0 Å². The molecule has 13 heterocycles. The van der Waals surface area contributed by atoms with Gasteiger partial charge in [0.2, 0.25) is 47.3 Å². The first-order valence-corrected chi connectivity index (χ1v) is 31.8. The van der Waals surface area contributed by atoms with Gasteiger partial charge in [0.15, 0.2) is 0 Å². The second-order valence-electron chi connectivity index (χ2n) is 24.5. The Labute approximate surface area is 548 Å². The van der Waals surface area contributed by atoms with Gasteiger partial charge >= 0.3 is 19.5 Å². The molecule has 3 aromatic heterocycles.